The number of nitrogens with zero attached hydrogens (tertiary/aromatic N) is 4. The highest BCUT2D eigenvalue weighted by atomic mass is 35.5. The van der Waals surface area contributed by atoms with Crippen molar-refractivity contribution in [3.8, 4) is 6.07 Å². The lowest BCUT2D eigenvalue weighted by Gasteiger charge is -2.23. The molecule has 0 amide bonds. The molecule has 2 heterocycles. The van der Waals surface area contributed by atoms with Crippen LogP contribution in [0.1, 0.15) is 66.7 Å². The number of aromatic nitrogens is 3. The van der Waals surface area contributed by atoms with E-state index in [-0.39, 0.29) is 17.9 Å². The summed E-state index contributed by atoms with van der Waals surface area (Å²) in [5, 5.41) is 18.4. The second-order valence-electron chi connectivity index (χ2n) is 10.1. The predicted octanol–water partition coefficient (Wildman–Crippen LogP) is 8.20. The molecule has 6 nitrogen and oxygen atoms in total. The van der Waals surface area contributed by atoms with Gasteiger partial charge in [-0.3, -0.25) is 4.98 Å². The van der Waals surface area contributed by atoms with E-state index < -0.39 is 0 Å². The SMILES string of the molecule is CC[C@@H](Nc1c(C#N)cnc2c(Cl)cc(NC(c3ccc(F)cc3)c3cn(C4CC4)cn3)cc12)c1ccccc1. The second-order valence-corrected chi connectivity index (χ2v) is 10.5. The molecule has 8 heteroatoms. The van der Waals surface area contributed by atoms with Gasteiger partial charge in [-0.1, -0.05) is 61.0 Å². The Morgan fingerprint density at radius 2 is 1.82 bits per heavy atom. The van der Waals surface area contributed by atoms with Gasteiger partial charge in [-0.2, -0.15) is 5.26 Å². The number of hydrogen-bond acceptors (Lipinski definition) is 5. The van der Waals surface area contributed by atoms with Crippen LogP contribution in [-0.4, -0.2) is 14.5 Å². The zero-order valence-corrected chi connectivity index (χ0v) is 22.7. The lowest BCUT2D eigenvalue weighted by Crippen LogP contribution is -2.14. The summed E-state index contributed by atoms with van der Waals surface area (Å²) in [6, 6.07) is 22.8. The minimum Gasteiger partial charge on any atom is -0.377 e. The maximum absolute atomic E-state index is 13.8. The van der Waals surface area contributed by atoms with Crippen LogP contribution in [0.3, 0.4) is 0 Å². The fourth-order valence-electron chi connectivity index (χ4n) is 5.09. The number of hydrogen-bond donors (Lipinski definition) is 2. The van der Waals surface area contributed by atoms with Gasteiger partial charge in [-0.05, 0) is 54.7 Å². The third kappa shape index (κ3) is 5.23. The average Bonchev–Trinajstić information content (AvgIpc) is 3.72. The number of nitriles is 1. The van der Waals surface area contributed by atoms with E-state index in [1.165, 1.54) is 12.1 Å². The van der Waals surface area contributed by atoms with E-state index in [2.05, 4.69) is 51.5 Å². The number of fused-ring (bicyclic) bond motifs is 1. The van der Waals surface area contributed by atoms with Crippen molar-refractivity contribution in [3.63, 3.8) is 0 Å². The number of imidazole rings is 1. The number of rotatable bonds is 9. The number of pyridine rings is 1. The van der Waals surface area contributed by atoms with Crippen molar-refractivity contribution in [2.45, 2.75) is 44.3 Å². The summed E-state index contributed by atoms with van der Waals surface area (Å²) in [6.45, 7) is 2.11. The van der Waals surface area contributed by atoms with Gasteiger partial charge in [0.25, 0.3) is 0 Å². The molecule has 0 aliphatic heterocycles. The molecule has 0 radical (unpaired) electrons. The first-order chi connectivity index (χ1) is 19.5. The minimum absolute atomic E-state index is 0.00681. The third-order valence-corrected chi connectivity index (χ3v) is 7.66. The molecule has 1 aliphatic rings. The topological polar surface area (TPSA) is 78.6 Å². The first kappa shape index (κ1) is 25.8. The Labute approximate surface area is 237 Å². The molecule has 1 saturated carbocycles. The highest BCUT2D eigenvalue weighted by Crippen LogP contribution is 2.38. The molecule has 2 atom stereocenters. The fraction of sp³-hybridized carbons (Fsp3) is 0.219. The highest BCUT2D eigenvalue weighted by Gasteiger charge is 2.26. The van der Waals surface area contributed by atoms with E-state index in [1.807, 2.05) is 36.7 Å². The largest absolute Gasteiger partial charge is 0.377 e. The van der Waals surface area contributed by atoms with Crippen LogP contribution in [0.2, 0.25) is 5.02 Å². The van der Waals surface area contributed by atoms with E-state index in [4.69, 9.17) is 16.6 Å². The normalized spacial score (nSPS) is 14.4. The molecule has 6 rings (SSSR count). The number of benzene rings is 3. The molecular weight excluding hydrogens is 523 g/mol. The average molecular weight is 551 g/mol. The van der Waals surface area contributed by atoms with Crippen LogP contribution < -0.4 is 10.6 Å². The van der Waals surface area contributed by atoms with Crippen molar-refractivity contribution in [1.82, 2.24) is 14.5 Å². The van der Waals surface area contributed by atoms with Gasteiger partial charge in [0.15, 0.2) is 0 Å². The fourth-order valence-corrected chi connectivity index (χ4v) is 5.36. The first-order valence-corrected chi connectivity index (χ1v) is 13.8. The van der Waals surface area contributed by atoms with E-state index in [9.17, 15) is 9.65 Å². The molecule has 0 bridgehead atoms. The summed E-state index contributed by atoms with van der Waals surface area (Å²) in [6.07, 6.45) is 8.59. The first-order valence-electron chi connectivity index (χ1n) is 13.4. The highest BCUT2D eigenvalue weighted by molar-refractivity contribution is 6.35. The third-order valence-electron chi connectivity index (χ3n) is 7.37. The standard InChI is InChI=1S/C32H28ClFN6/c1-2-28(20-6-4-3-5-7-20)39-30-22(16-35)17-36-32-26(30)14-24(15-27(32)33)38-31(21-8-10-23(34)11-9-21)29-18-40(19-37-29)25-12-13-25/h3-11,14-15,17-19,25,28,31,38H,2,12-13H2,1H3,(H,36,39)/t28-,31?/m1/s1. The van der Waals surface area contributed by atoms with Gasteiger partial charge >= 0.3 is 0 Å². The van der Waals surface area contributed by atoms with Gasteiger partial charge in [0.05, 0.1) is 45.9 Å². The monoisotopic (exact) mass is 550 g/mol. The van der Waals surface area contributed by atoms with Crippen molar-refractivity contribution < 1.29 is 4.39 Å². The Balaban J connectivity index is 1.42. The number of halogens is 2. The van der Waals surface area contributed by atoms with Crippen LogP contribution in [0, 0.1) is 17.1 Å². The van der Waals surface area contributed by atoms with Crippen LogP contribution in [0.25, 0.3) is 10.9 Å². The zero-order chi connectivity index (χ0) is 27.6. The summed E-state index contributed by atoms with van der Waals surface area (Å²) < 4.78 is 15.9. The van der Waals surface area contributed by atoms with Crippen molar-refractivity contribution in [3.05, 3.63) is 119 Å². The molecule has 5 aromatic rings. The zero-order valence-electron chi connectivity index (χ0n) is 22.0. The molecule has 1 unspecified atom stereocenters. The van der Waals surface area contributed by atoms with Gasteiger partial charge in [-0.25, -0.2) is 9.37 Å². The van der Waals surface area contributed by atoms with E-state index in [0.717, 1.165) is 47.2 Å². The Morgan fingerprint density at radius 1 is 1.05 bits per heavy atom. The van der Waals surface area contributed by atoms with Crippen molar-refractivity contribution in [1.29, 1.82) is 5.26 Å². The smallest absolute Gasteiger partial charge is 0.123 e. The van der Waals surface area contributed by atoms with Crippen LogP contribution in [-0.2, 0) is 0 Å². The Morgan fingerprint density at radius 3 is 2.52 bits per heavy atom. The van der Waals surface area contributed by atoms with Crippen LogP contribution >= 0.6 is 11.6 Å². The van der Waals surface area contributed by atoms with E-state index in [0.29, 0.717) is 27.8 Å². The van der Waals surface area contributed by atoms with Crippen molar-refractivity contribution in [2.75, 3.05) is 10.6 Å². The van der Waals surface area contributed by atoms with Crippen LogP contribution in [0.15, 0.2) is 85.5 Å². The Bertz CT molecular complexity index is 1690. The lowest BCUT2D eigenvalue weighted by atomic mass is 10.0. The molecule has 0 saturated heterocycles. The number of nitrogens with one attached hydrogen (secondary N) is 2. The Kier molecular flexibility index (Phi) is 7.10. The van der Waals surface area contributed by atoms with Crippen molar-refractivity contribution in [2.24, 2.45) is 0 Å². The van der Waals surface area contributed by atoms with Gasteiger partial charge in [0, 0.05) is 29.5 Å². The quantitative estimate of drug-likeness (QED) is 0.193. The molecular formula is C32H28ClFN6. The summed E-state index contributed by atoms with van der Waals surface area (Å²) in [5.74, 6) is -0.297. The van der Waals surface area contributed by atoms with Gasteiger partial charge < -0.3 is 15.2 Å². The summed E-state index contributed by atoms with van der Waals surface area (Å²) in [5.41, 5.74) is 5.29. The van der Waals surface area contributed by atoms with E-state index >= 15 is 0 Å². The predicted molar refractivity (Wildman–Crippen MR) is 157 cm³/mol. The van der Waals surface area contributed by atoms with Gasteiger partial charge in [0.1, 0.15) is 11.9 Å². The Hall–Kier alpha value is -4.41. The minimum atomic E-state index is -0.342. The van der Waals surface area contributed by atoms with Gasteiger partial charge in [-0.15, -0.1) is 0 Å². The summed E-state index contributed by atoms with van der Waals surface area (Å²) in [7, 11) is 0. The molecule has 1 fully saturated rings. The maximum atomic E-state index is 13.8. The molecule has 2 aromatic heterocycles. The molecule has 2 N–H and O–H groups in total. The summed E-state index contributed by atoms with van der Waals surface area (Å²) in [4.78, 5) is 9.21. The number of anilines is 2. The molecule has 200 valence electrons. The lowest BCUT2D eigenvalue weighted by molar-refractivity contribution is 0.626. The van der Waals surface area contributed by atoms with Crippen molar-refractivity contribution >= 4 is 33.9 Å². The van der Waals surface area contributed by atoms with Crippen LogP contribution in [0.5, 0.6) is 0 Å². The molecule has 40 heavy (non-hydrogen) atoms. The maximum Gasteiger partial charge on any atom is 0.123 e. The van der Waals surface area contributed by atoms with Crippen LogP contribution in [0.4, 0.5) is 15.8 Å². The molecule has 3 aromatic carbocycles. The van der Waals surface area contributed by atoms with Gasteiger partial charge in [0.2, 0.25) is 0 Å². The summed E-state index contributed by atoms with van der Waals surface area (Å²) >= 11 is 6.78. The molecule has 1 aliphatic carbocycles. The molecule has 0 spiro atoms. The van der Waals surface area contributed by atoms with E-state index in [1.54, 1.807) is 18.3 Å². The second kappa shape index (κ2) is 11.0.